The fraction of sp³-hybridized carbons (Fsp3) is 0.350. The van der Waals surface area contributed by atoms with Crippen molar-refractivity contribution in [3.8, 4) is 18.1 Å². The first kappa shape index (κ1) is 17.3. The Hall–Kier alpha value is -3.14. The maximum absolute atomic E-state index is 14.8. The van der Waals surface area contributed by atoms with Crippen LogP contribution < -0.4 is 14.5 Å². The highest BCUT2D eigenvalue weighted by molar-refractivity contribution is 6.33. The molecule has 3 aliphatic rings. The number of anilines is 2. The molecule has 6 nitrogen and oxygen atoms in total. The summed E-state index contributed by atoms with van der Waals surface area (Å²) in [6.07, 6.45) is 7.24. The molecule has 2 aliphatic heterocycles. The van der Waals surface area contributed by atoms with Gasteiger partial charge in [-0.2, -0.15) is 0 Å². The van der Waals surface area contributed by atoms with Gasteiger partial charge in [0.25, 0.3) is 17.7 Å². The van der Waals surface area contributed by atoms with Gasteiger partial charge < -0.3 is 4.74 Å². The van der Waals surface area contributed by atoms with Crippen LogP contribution in [0.3, 0.4) is 0 Å². The molecule has 0 fully saturated rings. The zero-order chi connectivity index (χ0) is 19.3. The average Bonchev–Trinajstić information content (AvgIpc) is 2.90. The van der Waals surface area contributed by atoms with Crippen molar-refractivity contribution < 1.29 is 23.5 Å². The first-order valence-corrected chi connectivity index (χ1v) is 8.80. The third kappa shape index (κ3) is 2.52. The van der Waals surface area contributed by atoms with E-state index in [-0.39, 0.29) is 29.6 Å². The Bertz CT molecular complexity index is 931. The topological polar surface area (TPSA) is 66.9 Å². The number of amides is 3. The largest absolute Gasteiger partial charge is 0.479 e. The number of hydrogen-bond acceptors (Lipinski definition) is 4. The zero-order valence-corrected chi connectivity index (χ0v) is 14.8. The Morgan fingerprint density at radius 2 is 1.78 bits per heavy atom. The first-order valence-electron chi connectivity index (χ1n) is 8.80. The molecule has 0 aromatic heterocycles. The second-order valence-electron chi connectivity index (χ2n) is 6.77. The zero-order valence-electron chi connectivity index (χ0n) is 14.8. The highest BCUT2D eigenvalue weighted by Gasteiger charge is 2.42. The molecule has 1 aromatic rings. The SMILES string of the molecule is C#CCN1C(=O)C(C)Oc2cc(F)c(N3C(=O)C4=C(CCCC4)C3=O)cc21. The molecule has 0 spiro atoms. The number of benzene rings is 1. The molecule has 4 rings (SSSR count). The van der Waals surface area contributed by atoms with Crippen LogP contribution in [0.15, 0.2) is 23.3 Å². The Morgan fingerprint density at radius 3 is 2.37 bits per heavy atom. The fourth-order valence-electron chi connectivity index (χ4n) is 3.80. The predicted octanol–water partition coefficient (Wildman–Crippen LogP) is 2.32. The molecule has 2 heterocycles. The predicted molar refractivity (Wildman–Crippen MR) is 95.7 cm³/mol. The summed E-state index contributed by atoms with van der Waals surface area (Å²) in [4.78, 5) is 40.0. The molecule has 0 saturated carbocycles. The van der Waals surface area contributed by atoms with Crippen molar-refractivity contribution in [2.75, 3.05) is 16.3 Å². The van der Waals surface area contributed by atoms with Crippen molar-refractivity contribution in [2.24, 2.45) is 0 Å². The average molecular weight is 368 g/mol. The van der Waals surface area contributed by atoms with E-state index < -0.39 is 23.7 Å². The Balaban J connectivity index is 1.80. The lowest BCUT2D eigenvalue weighted by Crippen LogP contribution is -2.45. The van der Waals surface area contributed by atoms with Crippen LogP contribution in [0.1, 0.15) is 32.6 Å². The van der Waals surface area contributed by atoms with Gasteiger partial charge in [-0.25, -0.2) is 9.29 Å². The van der Waals surface area contributed by atoms with Gasteiger partial charge in [-0.3, -0.25) is 19.3 Å². The molecule has 0 radical (unpaired) electrons. The smallest absolute Gasteiger partial charge is 0.268 e. The number of ether oxygens (including phenoxy) is 1. The number of hydrogen-bond donors (Lipinski definition) is 0. The highest BCUT2D eigenvalue weighted by Crippen LogP contribution is 2.42. The van der Waals surface area contributed by atoms with Gasteiger partial charge in [0.15, 0.2) is 11.9 Å². The fourth-order valence-corrected chi connectivity index (χ4v) is 3.80. The summed E-state index contributed by atoms with van der Waals surface area (Å²) < 4.78 is 20.3. The van der Waals surface area contributed by atoms with Gasteiger partial charge in [-0.05, 0) is 38.7 Å². The lowest BCUT2D eigenvalue weighted by molar-refractivity contribution is -0.125. The van der Waals surface area contributed by atoms with E-state index in [2.05, 4.69) is 5.92 Å². The minimum atomic E-state index is -0.805. The first-order chi connectivity index (χ1) is 12.9. The maximum atomic E-state index is 14.8. The summed E-state index contributed by atoms with van der Waals surface area (Å²) >= 11 is 0. The lowest BCUT2D eigenvalue weighted by atomic mass is 9.93. The monoisotopic (exact) mass is 368 g/mol. The van der Waals surface area contributed by atoms with Crippen LogP contribution in [0.25, 0.3) is 0 Å². The summed E-state index contributed by atoms with van der Waals surface area (Å²) in [5, 5.41) is 0. The van der Waals surface area contributed by atoms with Crippen LogP contribution >= 0.6 is 0 Å². The van der Waals surface area contributed by atoms with E-state index in [0.717, 1.165) is 23.8 Å². The molecule has 138 valence electrons. The maximum Gasteiger partial charge on any atom is 0.268 e. The molecule has 3 amide bonds. The molecule has 1 atom stereocenters. The quantitative estimate of drug-likeness (QED) is 0.594. The third-order valence-electron chi connectivity index (χ3n) is 5.12. The molecule has 7 heteroatoms. The van der Waals surface area contributed by atoms with E-state index in [9.17, 15) is 18.8 Å². The van der Waals surface area contributed by atoms with E-state index in [1.54, 1.807) is 6.92 Å². The van der Waals surface area contributed by atoms with Crippen molar-refractivity contribution in [1.82, 2.24) is 0 Å². The molecule has 0 saturated heterocycles. The van der Waals surface area contributed by atoms with Crippen molar-refractivity contribution >= 4 is 29.1 Å². The van der Waals surface area contributed by atoms with Gasteiger partial charge >= 0.3 is 0 Å². The standard InChI is InChI=1S/C20H17FN2O4/c1-3-8-22-16-10-15(14(21)9-17(16)27-11(2)18(22)24)23-19(25)12-6-4-5-7-13(12)20(23)26/h1,9-11H,4-8H2,2H3. The summed E-state index contributed by atoms with van der Waals surface area (Å²) in [7, 11) is 0. The van der Waals surface area contributed by atoms with Crippen molar-refractivity contribution in [3.05, 3.63) is 29.1 Å². The molecule has 1 unspecified atom stereocenters. The van der Waals surface area contributed by atoms with Crippen molar-refractivity contribution in [1.29, 1.82) is 0 Å². The Kier molecular flexibility index (Phi) is 3.99. The van der Waals surface area contributed by atoms with Crippen LogP contribution in [-0.4, -0.2) is 30.4 Å². The van der Waals surface area contributed by atoms with Crippen molar-refractivity contribution in [3.63, 3.8) is 0 Å². The van der Waals surface area contributed by atoms with Gasteiger partial charge in [-0.15, -0.1) is 6.42 Å². The minimum Gasteiger partial charge on any atom is -0.479 e. The van der Waals surface area contributed by atoms with Crippen LogP contribution in [0.2, 0.25) is 0 Å². The number of carbonyl (C=O) groups excluding carboxylic acids is 3. The Morgan fingerprint density at radius 1 is 1.15 bits per heavy atom. The molecule has 27 heavy (non-hydrogen) atoms. The summed E-state index contributed by atoms with van der Waals surface area (Å²) in [6, 6.07) is 2.38. The van der Waals surface area contributed by atoms with Crippen molar-refractivity contribution in [2.45, 2.75) is 38.7 Å². The number of halogens is 1. The van der Waals surface area contributed by atoms with Gasteiger partial charge in [0.1, 0.15) is 5.75 Å². The number of fused-ring (bicyclic) bond motifs is 1. The van der Waals surface area contributed by atoms with Crippen LogP contribution in [-0.2, 0) is 14.4 Å². The minimum absolute atomic E-state index is 0.0265. The number of imide groups is 1. The molecule has 0 N–H and O–H groups in total. The summed E-state index contributed by atoms with van der Waals surface area (Å²) in [5.41, 5.74) is 0.985. The van der Waals surface area contributed by atoms with E-state index in [4.69, 9.17) is 11.2 Å². The summed E-state index contributed by atoms with van der Waals surface area (Å²) in [6.45, 7) is 1.52. The second-order valence-corrected chi connectivity index (χ2v) is 6.77. The van der Waals surface area contributed by atoms with E-state index in [0.29, 0.717) is 24.0 Å². The molecule has 1 aromatic carbocycles. The normalized spacial score (nSPS) is 21.8. The van der Waals surface area contributed by atoms with Crippen LogP contribution in [0.4, 0.5) is 15.8 Å². The van der Waals surface area contributed by atoms with Crippen LogP contribution in [0.5, 0.6) is 5.75 Å². The Labute approximate surface area is 155 Å². The lowest BCUT2D eigenvalue weighted by Gasteiger charge is -2.32. The number of nitrogens with zero attached hydrogens (tertiary/aromatic N) is 2. The number of rotatable bonds is 2. The highest BCUT2D eigenvalue weighted by atomic mass is 19.1. The number of terminal acetylenes is 1. The van der Waals surface area contributed by atoms with Gasteiger partial charge in [0.05, 0.1) is 17.9 Å². The third-order valence-corrected chi connectivity index (χ3v) is 5.12. The van der Waals surface area contributed by atoms with Gasteiger partial charge in [0.2, 0.25) is 0 Å². The second kappa shape index (κ2) is 6.23. The molecule has 1 aliphatic carbocycles. The van der Waals surface area contributed by atoms with Gasteiger partial charge in [-0.1, -0.05) is 5.92 Å². The van der Waals surface area contributed by atoms with E-state index in [1.807, 2.05) is 0 Å². The molecular formula is C20H17FN2O4. The van der Waals surface area contributed by atoms with E-state index in [1.165, 1.54) is 11.0 Å². The summed E-state index contributed by atoms with van der Waals surface area (Å²) in [5.74, 6) is 0.423. The van der Waals surface area contributed by atoms with Gasteiger partial charge in [0, 0.05) is 17.2 Å². The molecular weight excluding hydrogens is 351 g/mol. The van der Waals surface area contributed by atoms with Crippen LogP contribution in [0, 0.1) is 18.2 Å². The molecule has 0 bridgehead atoms. The van der Waals surface area contributed by atoms with E-state index >= 15 is 0 Å². The number of carbonyl (C=O) groups is 3.